The normalized spacial score (nSPS) is 10.2. The Labute approximate surface area is 92.0 Å². The number of hydrogen-bond acceptors (Lipinski definition) is 6. The summed E-state index contributed by atoms with van der Waals surface area (Å²) in [5.74, 6) is -0.0625. The van der Waals surface area contributed by atoms with E-state index in [2.05, 4.69) is 10.6 Å². The van der Waals surface area contributed by atoms with Gasteiger partial charge < -0.3 is 10.2 Å². The Morgan fingerprint density at radius 1 is 1.56 bits per heavy atom. The Bertz CT molecular complexity index is 335. The van der Waals surface area contributed by atoms with Crippen LogP contribution >= 0.6 is 0 Å². The highest BCUT2D eigenvalue weighted by Crippen LogP contribution is 1.99. The first-order chi connectivity index (χ1) is 7.67. The zero-order valence-corrected chi connectivity index (χ0v) is 8.96. The number of nitrogens with zero attached hydrogens (tertiary/aromatic N) is 3. The van der Waals surface area contributed by atoms with Gasteiger partial charge in [-0.15, -0.1) is 5.01 Å². The lowest BCUT2D eigenvalue weighted by Crippen LogP contribution is -2.60. The van der Waals surface area contributed by atoms with Gasteiger partial charge in [-0.1, -0.05) is 0 Å². The van der Waals surface area contributed by atoms with Crippen molar-refractivity contribution in [2.75, 3.05) is 36.6 Å². The van der Waals surface area contributed by atoms with E-state index in [1.807, 2.05) is 0 Å². The molecular weight excluding hydrogens is 216 g/mol. The average Bonchev–Trinajstić information content (AvgIpc) is 2.65. The number of carbonyl (C=O) groups excluding carboxylic acids is 1. The van der Waals surface area contributed by atoms with Gasteiger partial charge in [0.2, 0.25) is 11.2 Å². The van der Waals surface area contributed by atoms with Crippen LogP contribution in [-0.4, -0.2) is 47.7 Å². The molecule has 0 aliphatic heterocycles. The Hall–Kier alpha value is -1.67. The Kier molecular flexibility index (Phi) is 4.67. The van der Waals surface area contributed by atoms with Crippen molar-refractivity contribution in [3.63, 3.8) is 0 Å². The number of anilines is 1. The first kappa shape index (κ1) is 12.4. The maximum atomic E-state index is 10.7. The minimum Gasteiger partial charge on any atom is -0.394 e. The second kappa shape index (κ2) is 6.03. The fraction of sp³-hybridized carbons (Fsp3) is 0.625. The molecule has 0 aliphatic rings. The van der Waals surface area contributed by atoms with Gasteiger partial charge in [-0.2, -0.15) is 0 Å². The molecule has 0 spiro atoms. The lowest BCUT2D eigenvalue weighted by atomic mass is 10.6. The average molecular weight is 231 g/mol. The Morgan fingerprint density at radius 3 is 2.69 bits per heavy atom. The van der Waals surface area contributed by atoms with E-state index in [1.165, 1.54) is 17.9 Å². The highest BCUT2D eigenvalue weighted by Gasteiger charge is 2.19. The van der Waals surface area contributed by atoms with E-state index in [1.54, 1.807) is 5.01 Å². The number of aliphatic hydroxyl groups is 2. The number of rotatable bonds is 6. The number of aliphatic hydroxyl groups excluding tert-OH is 2. The van der Waals surface area contributed by atoms with Crippen molar-refractivity contribution in [2.24, 2.45) is 0 Å². The quantitative estimate of drug-likeness (QED) is 0.482. The molecule has 3 N–H and O–H groups in total. The van der Waals surface area contributed by atoms with Crippen LogP contribution in [0, 0.1) is 0 Å². The molecule has 8 heteroatoms. The van der Waals surface area contributed by atoms with E-state index < -0.39 is 0 Å². The highest BCUT2D eigenvalue weighted by atomic mass is 16.5. The molecule has 8 nitrogen and oxygen atoms in total. The molecule has 0 saturated carbocycles. The lowest BCUT2D eigenvalue weighted by Gasteiger charge is -2.09. The summed E-state index contributed by atoms with van der Waals surface area (Å²) >= 11 is 0. The molecule has 1 amide bonds. The number of nitrogens with one attached hydrogen (secondary N) is 1. The second-order valence-corrected chi connectivity index (χ2v) is 3.07. The van der Waals surface area contributed by atoms with Crippen LogP contribution < -0.4 is 15.1 Å². The molecule has 0 radical (unpaired) electrons. The molecule has 1 heterocycles. The molecule has 0 aliphatic carbocycles. The van der Waals surface area contributed by atoms with E-state index in [4.69, 9.17) is 14.7 Å². The van der Waals surface area contributed by atoms with Crippen LogP contribution in [0.3, 0.4) is 0 Å². The standard InChI is InChI=1S/C8H14N4O4/c1-7(15)9-8-6-12(10-16-8)11(2-4-13)3-5-14/h6,13-14H,2-5H2,1H3/p+1. The van der Waals surface area contributed by atoms with E-state index >= 15 is 0 Å². The van der Waals surface area contributed by atoms with Gasteiger partial charge in [0.25, 0.3) is 6.20 Å². The summed E-state index contributed by atoms with van der Waals surface area (Å²) in [6.45, 7) is 1.81. The SMILES string of the molecule is CC(=O)Nc1c[n+](N(CCO)CCO)no1. The van der Waals surface area contributed by atoms with E-state index in [9.17, 15) is 4.79 Å². The predicted molar refractivity (Wildman–Crippen MR) is 53.1 cm³/mol. The van der Waals surface area contributed by atoms with Crippen LogP contribution in [-0.2, 0) is 4.79 Å². The van der Waals surface area contributed by atoms with Gasteiger partial charge in [-0.05, 0) is 0 Å². The summed E-state index contributed by atoms with van der Waals surface area (Å²) in [5, 5.41) is 25.2. The van der Waals surface area contributed by atoms with Crippen LogP contribution in [0.1, 0.15) is 6.92 Å². The molecule has 0 fully saturated rings. The van der Waals surface area contributed by atoms with Gasteiger partial charge in [-0.25, -0.2) is 0 Å². The third-order valence-electron chi connectivity index (χ3n) is 1.76. The van der Waals surface area contributed by atoms with E-state index in [0.717, 1.165) is 0 Å². The fourth-order valence-electron chi connectivity index (χ4n) is 1.15. The van der Waals surface area contributed by atoms with Crippen LogP contribution in [0.4, 0.5) is 5.88 Å². The number of amides is 1. The first-order valence-corrected chi connectivity index (χ1v) is 4.80. The molecular formula is C8H15N4O4+. The van der Waals surface area contributed by atoms with Crippen LogP contribution in [0.25, 0.3) is 0 Å². The maximum Gasteiger partial charge on any atom is 0.305 e. The van der Waals surface area contributed by atoms with Crippen molar-refractivity contribution in [1.82, 2.24) is 5.27 Å². The first-order valence-electron chi connectivity index (χ1n) is 4.80. The molecule has 1 aromatic heterocycles. The number of carbonyl (C=O) groups is 1. The molecule has 1 aromatic rings. The maximum absolute atomic E-state index is 10.7. The van der Waals surface area contributed by atoms with Gasteiger partial charge in [-0.3, -0.25) is 14.6 Å². The van der Waals surface area contributed by atoms with Crippen LogP contribution in [0.2, 0.25) is 0 Å². The van der Waals surface area contributed by atoms with Crippen LogP contribution in [0.15, 0.2) is 10.7 Å². The molecule has 0 saturated heterocycles. The van der Waals surface area contributed by atoms with Crippen molar-refractivity contribution in [2.45, 2.75) is 6.92 Å². The smallest absolute Gasteiger partial charge is 0.305 e. The molecule has 16 heavy (non-hydrogen) atoms. The van der Waals surface area contributed by atoms with E-state index in [0.29, 0.717) is 13.1 Å². The van der Waals surface area contributed by atoms with E-state index in [-0.39, 0.29) is 25.0 Å². The molecule has 0 aromatic carbocycles. The van der Waals surface area contributed by atoms with Crippen LogP contribution in [0.5, 0.6) is 0 Å². The van der Waals surface area contributed by atoms with Gasteiger partial charge in [0, 0.05) is 6.92 Å². The monoisotopic (exact) mass is 231 g/mol. The predicted octanol–water partition coefficient (Wildman–Crippen LogP) is -2.16. The van der Waals surface area contributed by atoms with Gasteiger partial charge in [0.05, 0.1) is 31.1 Å². The van der Waals surface area contributed by atoms with Crippen molar-refractivity contribution < 1.29 is 24.3 Å². The summed E-state index contributed by atoms with van der Waals surface area (Å²) in [6.07, 6.45) is 1.45. The zero-order chi connectivity index (χ0) is 12.0. The summed E-state index contributed by atoms with van der Waals surface area (Å²) < 4.78 is 4.83. The fourth-order valence-corrected chi connectivity index (χ4v) is 1.15. The summed E-state index contributed by atoms with van der Waals surface area (Å²) in [5.41, 5.74) is 0. The topological polar surface area (TPSA) is 103 Å². The van der Waals surface area contributed by atoms with Crippen molar-refractivity contribution in [3.05, 3.63) is 6.20 Å². The lowest BCUT2D eigenvalue weighted by molar-refractivity contribution is -0.758. The molecule has 1 rings (SSSR count). The Morgan fingerprint density at radius 2 is 2.19 bits per heavy atom. The van der Waals surface area contributed by atoms with Crippen molar-refractivity contribution >= 4 is 11.8 Å². The molecule has 0 atom stereocenters. The zero-order valence-electron chi connectivity index (χ0n) is 8.96. The third kappa shape index (κ3) is 3.48. The summed E-state index contributed by atoms with van der Waals surface area (Å²) in [6, 6.07) is 0. The van der Waals surface area contributed by atoms with Gasteiger partial charge >= 0.3 is 5.88 Å². The second-order valence-electron chi connectivity index (χ2n) is 3.07. The molecule has 0 bridgehead atoms. The minimum absolute atomic E-state index is 0.0741. The Balaban J connectivity index is 2.68. The van der Waals surface area contributed by atoms with Gasteiger partial charge in [0.1, 0.15) is 0 Å². The largest absolute Gasteiger partial charge is 0.394 e. The molecule has 0 unspecified atom stereocenters. The van der Waals surface area contributed by atoms with Crippen molar-refractivity contribution in [3.8, 4) is 0 Å². The number of hydrogen-bond donors (Lipinski definition) is 3. The molecule has 90 valence electrons. The number of aromatic nitrogens is 2. The summed E-state index contributed by atoms with van der Waals surface area (Å²) in [4.78, 5) is 12.1. The highest BCUT2D eigenvalue weighted by molar-refractivity contribution is 5.86. The van der Waals surface area contributed by atoms with Gasteiger partial charge in [0.15, 0.2) is 0 Å². The summed E-state index contributed by atoms with van der Waals surface area (Å²) in [7, 11) is 0. The third-order valence-corrected chi connectivity index (χ3v) is 1.76. The minimum atomic E-state index is -0.265. The van der Waals surface area contributed by atoms with Crippen molar-refractivity contribution in [1.29, 1.82) is 0 Å².